The van der Waals surface area contributed by atoms with Crippen molar-refractivity contribution in [2.45, 2.75) is 25.4 Å². The number of amides is 3. The van der Waals surface area contributed by atoms with Crippen LogP contribution in [0.15, 0.2) is 59.7 Å². The highest BCUT2D eigenvalue weighted by Crippen LogP contribution is 2.30. The molecular weight excluding hydrogens is 461 g/mol. The number of carbonyl (C=O) groups excluding carboxylic acids is 3. The fraction of sp³-hybridized carbons (Fsp3) is 0.360. The second-order valence-corrected chi connectivity index (χ2v) is 8.43. The van der Waals surface area contributed by atoms with Crippen LogP contribution < -0.4 is 0 Å². The van der Waals surface area contributed by atoms with Gasteiger partial charge in [0.05, 0.1) is 17.8 Å². The molecule has 0 aliphatic carbocycles. The smallest absolute Gasteiger partial charge is 0.339 e. The zero-order valence-electron chi connectivity index (χ0n) is 19.0. The minimum Gasteiger partial charge on any atom is -0.339 e. The molecule has 0 unspecified atom stereocenters. The van der Waals surface area contributed by atoms with Crippen molar-refractivity contribution in [1.82, 2.24) is 14.8 Å². The number of hydrogen-bond donors (Lipinski definition) is 0. The molecule has 35 heavy (non-hydrogen) atoms. The minimum absolute atomic E-state index is 0.0348. The third kappa shape index (κ3) is 5.87. The summed E-state index contributed by atoms with van der Waals surface area (Å²) in [6, 6.07) is 13.9. The molecule has 7 nitrogen and oxygen atoms in total. The molecule has 0 saturated carbocycles. The molecule has 0 aromatic heterocycles. The molecule has 0 radical (unpaired) electrons. The van der Waals surface area contributed by atoms with Crippen LogP contribution in [0.2, 0.25) is 0 Å². The molecule has 10 heteroatoms. The van der Waals surface area contributed by atoms with E-state index in [-0.39, 0.29) is 56.4 Å². The molecule has 4 rings (SSSR count). The van der Waals surface area contributed by atoms with Gasteiger partial charge in [0.25, 0.3) is 5.91 Å². The van der Waals surface area contributed by atoms with Crippen LogP contribution >= 0.6 is 0 Å². The van der Waals surface area contributed by atoms with E-state index in [1.165, 1.54) is 22.0 Å². The molecule has 184 valence electrons. The molecular formula is C25H25F3N4O3. The maximum atomic E-state index is 12.9. The quantitative estimate of drug-likeness (QED) is 0.650. The van der Waals surface area contributed by atoms with Crippen LogP contribution in [-0.2, 0) is 15.8 Å². The first-order valence-corrected chi connectivity index (χ1v) is 11.4. The lowest BCUT2D eigenvalue weighted by Gasteiger charge is -2.35. The number of rotatable bonds is 5. The maximum Gasteiger partial charge on any atom is 0.416 e. The van der Waals surface area contributed by atoms with Crippen LogP contribution in [0.25, 0.3) is 0 Å². The summed E-state index contributed by atoms with van der Waals surface area (Å²) in [7, 11) is 0. The van der Waals surface area contributed by atoms with Gasteiger partial charge in [-0.1, -0.05) is 36.4 Å². The standard InChI is InChI=1S/C25H25F3N4O3/c26-25(27,28)20-8-4-7-19(17-20)24(35)31-15-13-30(14-16-31)22(33)9-10-23(34)32-12-11-21(29-32)18-5-2-1-3-6-18/h1-8,17H,9-16H2. The largest absolute Gasteiger partial charge is 0.416 e. The molecule has 0 bridgehead atoms. The summed E-state index contributed by atoms with van der Waals surface area (Å²) >= 11 is 0. The Morgan fingerprint density at radius 1 is 0.800 bits per heavy atom. The molecule has 2 aromatic carbocycles. The van der Waals surface area contributed by atoms with Gasteiger partial charge in [-0.25, -0.2) is 5.01 Å². The van der Waals surface area contributed by atoms with Crippen LogP contribution in [0.1, 0.15) is 40.7 Å². The molecule has 0 spiro atoms. The summed E-state index contributed by atoms with van der Waals surface area (Å²) in [6.45, 7) is 1.43. The van der Waals surface area contributed by atoms with E-state index in [0.29, 0.717) is 13.0 Å². The highest BCUT2D eigenvalue weighted by atomic mass is 19.4. The summed E-state index contributed by atoms with van der Waals surface area (Å²) < 4.78 is 38.8. The van der Waals surface area contributed by atoms with Crippen LogP contribution in [-0.4, -0.2) is 71.0 Å². The van der Waals surface area contributed by atoms with Gasteiger partial charge in [0, 0.05) is 51.0 Å². The number of halogens is 3. The van der Waals surface area contributed by atoms with Crippen molar-refractivity contribution in [2.75, 3.05) is 32.7 Å². The number of carbonyl (C=O) groups is 3. The fourth-order valence-electron chi connectivity index (χ4n) is 4.14. The van der Waals surface area contributed by atoms with Gasteiger partial charge in [0.15, 0.2) is 0 Å². The van der Waals surface area contributed by atoms with Crippen molar-refractivity contribution in [2.24, 2.45) is 5.10 Å². The molecule has 2 aliphatic heterocycles. The Morgan fingerprint density at radius 2 is 1.46 bits per heavy atom. The van der Waals surface area contributed by atoms with Crippen LogP contribution in [0.5, 0.6) is 0 Å². The normalized spacial score (nSPS) is 16.3. The molecule has 0 N–H and O–H groups in total. The number of nitrogens with zero attached hydrogens (tertiary/aromatic N) is 4. The first-order chi connectivity index (χ1) is 16.7. The Balaban J connectivity index is 1.25. The second kappa shape index (κ2) is 10.3. The highest BCUT2D eigenvalue weighted by molar-refractivity contribution is 6.02. The van der Waals surface area contributed by atoms with Crippen molar-refractivity contribution in [3.8, 4) is 0 Å². The van der Waals surface area contributed by atoms with Gasteiger partial charge < -0.3 is 9.80 Å². The lowest BCUT2D eigenvalue weighted by molar-refractivity contribution is -0.137. The zero-order chi connectivity index (χ0) is 25.0. The minimum atomic E-state index is -4.53. The summed E-state index contributed by atoms with van der Waals surface area (Å²) in [5.74, 6) is -0.918. The van der Waals surface area contributed by atoms with Crippen LogP contribution in [0.3, 0.4) is 0 Å². The number of hydrogen-bond acceptors (Lipinski definition) is 4. The molecule has 3 amide bonds. The molecule has 2 aliphatic rings. The maximum absolute atomic E-state index is 12.9. The average Bonchev–Trinajstić information content (AvgIpc) is 3.37. The first kappa shape index (κ1) is 24.4. The predicted molar refractivity (Wildman–Crippen MR) is 122 cm³/mol. The third-order valence-corrected chi connectivity index (χ3v) is 6.11. The van der Waals surface area contributed by atoms with E-state index >= 15 is 0 Å². The predicted octanol–water partition coefficient (Wildman–Crippen LogP) is 3.41. The first-order valence-electron chi connectivity index (χ1n) is 11.4. The topological polar surface area (TPSA) is 73.3 Å². The van der Waals surface area contributed by atoms with Gasteiger partial charge in [-0.3, -0.25) is 14.4 Å². The number of alkyl halides is 3. The van der Waals surface area contributed by atoms with Crippen molar-refractivity contribution in [3.63, 3.8) is 0 Å². The number of benzene rings is 2. The van der Waals surface area contributed by atoms with E-state index in [0.717, 1.165) is 23.4 Å². The number of hydrazone groups is 1. The summed E-state index contributed by atoms with van der Waals surface area (Å²) in [5, 5.41) is 5.79. The Kier molecular flexibility index (Phi) is 7.18. The van der Waals surface area contributed by atoms with E-state index in [2.05, 4.69) is 5.10 Å². The Bertz CT molecular complexity index is 1130. The van der Waals surface area contributed by atoms with Crippen LogP contribution in [0.4, 0.5) is 13.2 Å². The van der Waals surface area contributed by atoms with Crippen molar-refractivity contribution in [1.29, 1.82) is 0 Å². The van der Waals surface area contributed by atoms with Crippen LogP contribution in [0, 0.1) is 0 Å². The van der Waals surface area contributed by atoms with E-state index in [1.807, 2.05) is 30.3 Å². The van der Waals surface area contributed by atoms with Gasteiger partial charge >= 0.3 is 6.18 Å². The SMILES string of the molecule is O=C(CCC(=O)N1CCC(c2ccccc2)=N1)N1CCN(C(=O)c2cccc(C(F)(F)F)c2)CC1. The van der Waals surface area contributed by atoms with Crippen molar-refractivity contribution >= 4 is 23.4 Å². The van der Waals surface area contributed by atoms with Crippen molar-refractivity contribution in [3.05, 3.63) is 71.3 Å². The summed E-state index contributed by atoms with van der Waals surface area (Å²) in [4.78, 5) is 40.8. The lowest BCUT2D eigenvalue weighted by Crippen LogP contribution is -2.50. The molecule has 0 atom stereocenters. The average molecular weight is 486 g/mol. The van der Waals surface area contributed by atoms with E-state index < -0.39 is 17.6 Å². The number of piperazine rings is 1. The Morgan fingerprint density at radius 3 is 2.14 bits per heavy atom. The van der Waals surface area contributed by atoms with Gasteiger partial charge in [0.1, 0.15) is 0 Å². The fourth-order valence-corrected chi connectivity index (χ4v) is 4.14. The second-order valence-electron chi connectivity index (χ2n) is 8.43. The third-order valence-electron chi connectivity index (χ3n) is 6.11. The van der Waals surface area contributed by atoms with E-state index in [9.17, 15) is 27.6 Å². The van der Waals surface area contributed by atoms with Gasteiger partial charge in [-0.15, -0.1) is 0 Å². The molecule has 2 heterocycles. The zero-order valence-corrected chi connectivity index (χ0v) is 19.0. The summed E-state index contributed by atoms with van der Waals surface area (Å²) in [5.41, 5.74) is 0.898. The summed E-state index contributed by atoms with van der Waals surface area (Å²) in [6.07, 6.45) is -3.80. The highest BCUT2D eigenvalue weighted by Gasteiger charge is 2.32. The van der Waals surface area contributed by atoms with E-state index in [1.54, 1.807) is 4.90 Å². The molecule has 1 fully saturated rings. The Hall–Kier alpha value is -3.69. The van der Waals surface area contributed by atoms with Gasteiger partial charge in [-0.2, -0.15) is 18.3 Å². The molecule has 2 aromatic rings. The lowest BCUT2D eigenvalue weighted by atomic mass is 10.1. The van der Waals surface area contributed by atoms with Crippen molar-refractivity contribution < 1.29 is 27.6 Å². The Labute approximate surface area is 200 Å². The van der Waals surface area contributed by atoms with Gasteiger partial charge in [0.2, 0.25) is 11.8 Å². The monoisotopic (exact) mass is 486 g/mol. The van der Waals surface area contributed by atoms with Gasteiger partial charge in [-0.05, 0) is 23.8 Å². The molecule has 1 saturated heterocycles. The van der Waals surface area contributed by atoms with E-state index in [4.69, 9.17) is 0 Å².